The maximum Gasteiger partial charge on any atom is 0.305 e. The second kappa shape index (κ2) is 5.48. The highest BCUT2D eigenvalue weighted by Crippen LogP contribution is 2.07. The van der Waals surface area contributed by atoms with Crippen LogP contribution in [0, 0.1) is 0 Å². The maximum absolute atomic E-state index is 11.6. The minimum absolute atomic E-state index is 0.0943. The van der Waals surface area contributed by atoms with Gasteiger partial charge >= 0.3 is 5.97 Å². The predicted octanol–water partition coefficient (Wildman–Crippen LogP) is -0.365. The van der Waals surface area contributed by atoms with Crippen molar-refractivity contribution < 1.29 is 19.5 Å². The highest BCUT2D eigenvalue weighted by Gasteiger charge is 2.28. The number of nitrogens with one attached hydrogen (secondary N) is 2. The molecule has 6 heteroatoms. The Kier molecular flexibility index (Phi) is 4.28. The highest BCUT2D eigenvalue weighted by atomic mass is 16.4. The van der Waals surface area contributed by atoms with Crippen LogP contribution in [0.4, 0.5) is 0 Å². The van der Waals surface area contributed by atoms with Crippen molar-refractivity contribution in [3.8, 4) is 0 Å². The number of carboxylic acids is 1. The Hall–Kier alpha value is -1.59. The molecule has 1 aliphatic rings. The van der Waals surface area contributed by atoms with Crippen molar-refractivity contribution in [2.24, 2.45) is 0 Å². The summed E-state index contributed by atoms with van der Waals surface area (Å²) in [6, 6.07) is -0.877. The molecule has 1 fully saturated rings. The fourth-order valence-electron chi connectivity index (χ4n) is 1.62. The quantitative estimate of drug-likeness (QED) is 0.598. The van der Waals surface area contributed by atoms with E-state index < -0.39 is 12.0 Å². The number of aliphatic carboxylic acids is 1. The van der Waals surface area contributed by atoms with Crippen LogP contribution in [-0.2, 0) is 14.4 Å². The lowest BCUT2D eigenvalue weighted by Gasteiger charge is -2.17. The van der Waals surface area contributed by atoms with E-state index in [2.05, 4.69) is 10.6 Å². The summed E-state index contributed by atoms with van der Waals surface area (Å²) >= 11 is 0. The number of carbonyl (C=O) groups is 3. The van der Waals surface area contributed by atoms with Gasteiger partial charge in [0.2, 0.25) is 11.8 Å². The van der Waals surface area contributed by atoms with Crippen LogP contribution in [0.25, 0.3) is 0 Å². The van der Waals surface area contributed by atoms with Gasteiger partial charge in [-0.15, -0.1) is 0 Å². The van der Waals surface area contributed by atoms with Crippen molar-refractivity contribution in [3.63, 3.8) is 0 Å². The summed E-state index contributed by atoms with van der Waals surface area (Å²) in [5, 5.41) is 13.8. The van der Waals surface area contributed by atoms with E-state index >= 15 is 0 Å². The lowest BCUT2D eigenvalue weighted by atomic mass is 10.1. The number of rotatable bonds is 5. The largest absolute Gasteiger partial charge is 0.481 e. The zero-order valence-electron chi connectivity index (χ0n) is 9.16. The Morgan fingerprint density at radius 2 is 2.31 bits per heavy atom. The molecule has 90 valence electrons. The molecule has 1 aliphatic heterocycles. The molecule has 0 aromatic heterocycles. The second-order valence-electron chi connectivity index (χ2n) is 3.87. The monoisotopic (exact) mass is 228 g/mol. The van der Waals surface area contributed by atoms with Gasteiger partial charge in [0.1, 0.15) is 6.04 Å². The van der Waals surface area contributed by atoms with Crippen LogP contribution in [0.2, 0.25) is 0 Å². The Balaban J connectivity index is 2.42. The third-order valence-electron chi connectivity index (χ3n) is 2.57. The Labute approximate surface area is 93.4 Å². The average Bonchev–Trinajstić information content (AvgIpc) is 2.63. The van der Waals surface area contributed by atoms with Crippen molar-refractivity contribution in [3.05, 3.63) is 0 Å². The molecule has 2 atom stereocenters. The highest BCUT2D eigenvalue weighted by molar-refractivity contribution is 5.91. The van der Waals surface area contributed by atoms with Gasteiger partial charge in [-0.1, -0.05) is 6.92 Å². The van der Waals surface area contributed by atoms with Gasteiger partial charge in [-0.2, -0.15) is 0 Å². The fourth-order valence-corrected chi connectivity index (χ4v) is 1.62. The summed E-state index contributed by atoms with van der Waals surface area (Å²) in [6.07, 6.45) is 1.30. The van der Waals surface area contributed by atoms with Crippen LogP contribution in [0.1, 0.15) is 32.6 Å². The zero-order valence-corrected chi connectivity index (χ0v) is 9.16. The van der Waals surface area contributed by atoms with E-state index in [1.165, 1.54) is 0 Å². The van der Waals surface area contributed by atoms with E-state index in [1.54, 1.807) is 6.92 Å². The van der Waals surface area contributed by atoms with Crippen molar-refractivity contribution in [2.75, 3.05) is 0 Å². The minimum Gasteiger partial charge on any atom is -0.481 e. The first-order valence-electron chi connectivity index (χ1n) is 5.34. The second-order valence-corrected chi connectivity index (χ2v) is 3.87. The molecular formula is C10H16N2O4. The van der Waals surface area contributed by atoms with Gasteiger partial charge in [-0.3, -0.25) is 14.4 Å². The maximum atomic E-state index is 11.6. The predicted molar refractivity (Wildman–Crippen MR) is 55.6 cm³/mol. The number of hydrogen-bond acceptors (Lipinski definition) is 3. The molecule has 0 aromatic rings. The lowest BCUT2D eigenvalue weighted by molar-refractivity contribution is -0.138. The first kappa shape index (κ1) is 12.5. The van der Waals surface area contributed by atoms with E-state index in [4.69, 9.17) is 5.11 Å². The topological polar surface area (TPSA) is 95.5 Å². The minimum atomic E-state index is -0.942. The van der Waals surface area contributed by atoms with Gasteiger partial charge in [0.25, 0.3) is 0 Å². The van der Waals surface area contributed by atoms with Gasteiger partial charge in [0.05, 0.1) is 6.42 Å². The Bertz CT molecular complexity index is 303. The van der Waals surface area contributed by atoms with Gasteiger partial charge in [-0.25, -0.2) is 0 Å². The molecule has 0 aromatic carbocycles. The Morgan fingerprint density at radius 3 is 2.75 bits per heavy atom. The van der Waals surface area contributed by atoms with Gasteiger partial charge < -0.3 is 15.7 Å². The van der Waals surface area contributed by atoms with Crippen LogP contribution >= 0.6 is 0 Å². The Morgan fingerprint density at radius 1 is 1.62 bits per heavy atom. The molecule has 3 N–H and O–H groups in total. The molecule has 1 rings (SSSR count). The molecule has 0 bridgehead atoms. The summed E-state index contributed by atoms with van der Waals surface area (Å²) < 4.78 is 0. The molecule has 0 radical (unpaired) electrons. The summed E-state index contributed by atoms with van der Waals surface area (Å²) in [5.41, 5.74) is 0. The number of hydrogen-bond donors (Lipinski definition) is 3. The molecule has 0 aliphatic carbocycles. The summed E-state index contributed by atoms with van der Waals surface area (Å²) in [4.78, 5) is 33.0. The molecule has 1 saturated heterocycles. The molecule has 16 heavy (non-hydrogen) atoms. The summed E-state index contributed by atoms with van der Waals surface area (Å²) in [6.45, 7) is 1.81. The molecule has 0 saturated carbocycles. The van der Waals surface area contributed by atoms with E-state index in [9.17, 15) is 14.4 Å². The summed E-state index contributed by atoms with van der Waals surface area (Å²) in [5.74, 6) is -1.37. The van der Waals surface area contributed by atoms with Crippen molar-refractivity contribution >= 4 is 17.8 Å². The normalized spacial score (nSPS) is 21.3. The molecular weight excluding hydrogens is 212 g/mol. The first-order valence-corrected chi connectivity index (χ1v) is 5.34. The third kappa shape index (κ3) is 3.52. The summed E-state index contributed by atoms with van der Waals surface area (Å²) in [7, 11) is 0. The van der Waals surface area contributed by atoms with E-state index in [-0.39, 0.29) is 24.3 Å². The third-order valence-corrected chi connectivity index (χ3v) is 2.57. The number of carbonyl (C=O) groups excluding carboxylic acids is 2. The number of amides is 2. The molecule has 2 amide bonds. The van der Waals surface area contributed by atoms with Crippen molar-refractivity contribution in [1.82, 2.24) is 10.6 Å². The zero-order chi connectivity index (χ0) is 12.1. The van der Waals surface area contributed by atoms with Crippen LogP contribution in [0.3, 0.4) is 0 Å². The molecule has 1 unspecified atom stereocenters. The van der Waals surface area contributed by atoms with Gasteiger partial charge in [0, 0.05) is 12.5 Å². The standard InChI is InChI=1S/C10H16N2O4/c1-2-6(5-9(14)15)11-10(16)7-3-4-8(13)12-7/h6-7H,2-5H2,1H3,(H,11,16)(H,12,13)(H,14,15)/t6?,7-/m1/s1. The molecule has 1 heterocycles. The molecule has 6 nitrogen and oxygen atoms in total. The fraction of sp³-hybridized carbons (Fsp3) is 0.700. The first-order chi connectivity index (χ1) is 7.52. The van der Waals surface area contributed by atoms with Crippen molar-refractivity contribution in [2.45, 2.75) is 44.7 Å². The van der Waals surface area contributed by atoms with Gasteiger partial charge in [0.15, 0.2) is 0 Å². The molecule has 0 spiro atoms. The number of carboxylic acid groups (broad SMARTS) is 1. The van der Waals surface area contributed by atoms with Crippen LogP contribution in [-0.4, -0.2) is 35.0 Å². The van der Waals surface area contributed by atoms with Crippen LogP contribution in [0.15, 0.2) is 0 Å². The SMILES string of the molecule is CCC(CC(=O)O)NC(=O)[C@H]1CCC(=O)N1. The van der Waals surface area contributed by atoms with Crippen LogP contribution in [0.5, 0.6) is 0 Å². The average molecular weight is 228 g/mol. The lowest BCUT2D eigenvalue weighted by Crippen LogP contribution is -2.46. The van der Waals surface area contributed by atoms with Crippen LogP contribution < -0.4 is 10.6 Å². The van der Waals surface area contributed by atoms with E-state index in [0.29, 0.717) is 19.3 Å². The van der Waals surface area contributed by atoms with Crippen molar-refractivity contribution in [1.29, 1.82) is 0 Å². The van der Waals surface area contributed by atoms with E-state index in [1.807, 2.05) is 0 Å². The smallest absolute Gasteiger partial charge is 0.305 e. The van der Waals surface area contributed by atoms with E-state index in [0.717, 1.165) is 0 Å². The van der Waals surface area contributed by atoms with Gasteiger partial charge in [-0.05, 0) is 12.8 Å².